The number of hydrogen-bond acceptors (Lipinski definition) is 7. The summed E-state index contributed by atoms with van der Waals surface area (Å²) >= 11 is 1.12. The third-order valence-electron chi connectivity index (χ3n) is 4.83. The van der Waals surface area contributed by atoms with Gasteiger partial charge < -0.3 is 5.32 Å². The van der Waals surface area contributed by atoms with E-state index in [1.807, 2.05) is 54.6 Å². The third kappa shape index (κ3) is 4.23. The number of benzene rings is 3. The molecular formula is C23H17N7O2S. The number of para-hydroxylation sites is 2. The minimum absolute atomic E-state index is 0.213. The second-order valence-corrected chi connectivity index (χ2v) is 8.07. The lowest BCUT2D eigenvalue weighted by molar-refractivity contribution is -0.116. The summed E-state index contributed by atoms with van der Waals surface area (Å²) in [5.74, 6) is -0.451. The Kier molecular flexibility index (Phi) is 5.64. The zero-order valence-corrected chi connectivity index (χ0v) is 18.0. The molecule has 1 aliphatic heterocycles. The van der Waals surface area contributed by atoms with Crippen LogP contribution in [0.15, 0.2) is 101 Å². The number of hydrazone groups is 1. The van der Waals surface area contributed by atoms with Gasteiger partial charge in [-0.2, -0.15) is 9.69 Å². The van der Waals surface area contributed by atoms with Gasteiger partial charge in [0.2, 0.25) is 5.16 Å². The summed E-state index contributed by atoms with van der Waals surface area (Å²) in [6.07, 6.45) is 0. The van der Waals surface area contributed by atoms with Gasteiger partial charge in [0.15, 0.2) is 11.1 Å². The average Bonchev–Trinajstić information content (AvgIpc) is 3.46. The molecule has 5 rings (SSSR count). The van der Waals surface area contributed by atoms with Crippen LogP contribution >= 0.6 is 11.8 Å². The predicted molar refractivity (Wildman–Crippen MR) is 124 cm³/mol. The van der Waals surface area contributed by atoms with Gasteiger partial charge in [-0.15, -0.1) is 10.2 Å². The Hall–Kier alpha value is -4.31. The monoisotopic (exact) mass is 455 g/mol. The first-order valence-electron chi connectivity index (χ1n) is 10.0. The van der Waals surface area contributed by atoms with Crippen LogP contribution in [0.3, 0.4) is 0 Å². The van der Waals surface area contributed by atoms with E-state index in [0.717, 1.165) is 17.4 Å². The van der Waals surface area contributed by atoms with E-state index in [1.54, 1.807) is 41.1 Å². The molecule has 1 atom stereocenters. The maximum Gasteiger partial charge on any atom is 0.268 e. The molecule has 4 aromatic rings. The Balaban J connectivity index is 1.47. The summed E-state index contributed by atoms with van der Waals surface area (Å²) < 4.78 is 1.54. The van der Waals surface area contributed by atoms with Crippen LogP contribution in [-0.2, 0) is 4.79 Å². The van der Waals surface area contributed by atoms with Crippen LogP contribution in [0.2, 0.25) is 0 Å². The fraction of sp³-hybridized carbons (Fsp3) is 0.0435. The number of carbonyl (C=O) groups excluding carboxylic acids is 2. The van der Waals surface area contributed by atoms with Crippen molar-refractivity contribution in [2.45, 2.75) is 10.4 Å². The summed E-state index contributed by atoms with van der Waals surface area (Å²) in [5, 5.41) is 20.0. The van der Waals surface area contributed by atoms with E-state index < -0.39 is 5.25 Å². The third-order valence-corrected chi connectivity index (χ3v) is 5.96. The standard InChI is InChI=1S/C23H17N7O2S/c31-21(16-10-4-1-5-11-16)24-20-19(22(32)29(26-20)17-12-6-2-7-13-17)33-23-25-27-28-30(23)18-14-8-3-9-15-18/h1-15,19H,(H,24,26,31)/t19-/m1/s1. The van der Waals surface area contributed by atoms with E-state index in [4.69, 9.17) is 0 Å². The van der Waals surface area contributed by atoms with Crippen LogP contribution in [-0.4, -0.2) is 43.1 Å². The van der Waals surface area contributed by atoms with Crippen molar-refractivity contribution in [1.29, 1.82) is 0 Å². The molecule has 162 valence electrons. The van der Waals surface area contributed by atoms with Gasteiger partial charge in [0.1, 0.15) is 0 Å². The molecule has 0 saturated carbocycles. The quantitative estimate of drug-likeness (QED) is 0.496. The smallest absolute Gasteiger partial charge is 0.268 e. The fourth-order valence-electron chi connectivity index (χ4n) is 3.26. The molecule has 33 heavy (non-hydrogen) atoms. The van der Waals surface area contributed by atoms with Crippen LogP contribution < -0.4 is 10.3 Å². The number of rotatable bonds is 5. The Morgan fingerprint density at radius 3 is 2.12 bits per heavy atom. The summed E-state index contributed by atoms with van der Waals surface area (Å²) in [6.45, 7) is 0. The normalized spacial score (nSPS) is 15.4. The largest absolute Gasteiger partial charge is 0.307 e. The highest BCUT2D eigenvalue weighted by Gasteiger charge is 2.40. The number of hydrogen-bond donors (Lipinski definition) is 1. The summed E-state index contributed by atoms with van der Waals surface area (Å²) in [6, 6.07) is 27.2. The Labute approximate surface area is 193 Å². The number of thioether (sulfide) groups is 1. The van der Waals surface area contributed by atoms with Gasteiger partial charge in [-0.3, -0.25) is 9.59 Å². The molecule has 9 nitrogen and oxygen atoms in total. The van der Waals surface area contributed by atoms with Crippen molar-refractivity contribution in [1.82, 2.24) is 25.5 Å². The molecule has 0 spiro atoms. The topological polar surface area (TPSA) is 105 Å². The number of nitrogens with one attached hydrogen (secondary N) is 1. The molecule has 0 unspecified atom stereocenters. The van der Waals surface area contributed by atoms with Gasteiger partial charge in [-0.25, -0.2) is 0 Å². The molecule has 2 amide bonds. The van der Waals surface area contributed by atoms with Crippen LogP contribution in [0, 0.1) is 0 Å². The molecule has 10 heteroatoms. The van der Waals surface area contributed by atoms with Gasteiger partial charge in [0.05, 0.1) is 11.4 Å². The molecule has 2 heterocycles. The molecule has 0 saturated heterocycles. The lowest BCUT2D eigenvalue weighted by Crippen LogP contribution is -2.39. The highest BCUT2D eigenvalue weighted by atomic mass is 32.2. The lowest BCUT2D eigenvalue weighted by atomic mass is 10.2. The van der Waals surface area contributed by atoms with Crippen molar-refractivity contribution in [3.63, 3.8) is 0 Å². The van der Waals surface area contributed by atoms with Crippen LogP contribution in [0.25, 0.3) is 5.69 Å². The van der Waals surface area contributed by atoms with Crippen LogP contribution in [0.5, 0.6) is 0 Å². The number of carbonyl (C=O) groups is 2. The number of nitrogens with zero attached hydrogens (tertiary/aromatic N) is 6. The molecule has 1 aliphatic rings. The Morgan fingerprint density at radius 2 is 1.45 bits per heavy atom. The van der Waals surface area contributed by atoms with Gasteiger partial charge in [0, 0.05) is 5.56 Å². The predicted octanol–water partition coefficient (Wildman–Crippen LogP) is 2.91. The zero-order valence-electron chi connectivity index (χ0n) is 17.1. The molecular weight excluding hydrogens is 438 g/mol. The van der Waals surface area contributed by atoms with Crippen molar-refractivity contribution in [2.24, 2.45) is 5.10 Å². The molecule has 0 fully saturated rings. The Bertz CT molecular complexity index is 1310. The first-order chi connectivity index (χ1) is 16.2. The maximum atomic E-state index is 13.4. The number of amides is 2. The van der Waals surface area contributed by atoms with E-state index in [1.165, 1.54) is 5.01 Å². The van der Waals surface area contributed by atoms with E-state index in [9.17, 15) is 9.59 Å². The number of tetrazole rings is 1. The first kappa shape index (κ1) is 20.6. The first-order valence-corrected chi connectivity index (χ1v) is 10.9. The van der Waals surface area contributed by atoms with Gasteiger partial charge in [-0.05, 0) is 46.8 Å². The van der Waals surface area contributed by atoms with Crippen LogP contribution in [0.1, 0.15) is 10.4 Å². The van der Waals surface area contributed by atoms with E-state index in [-0.39, 0.29) is 17.6 Å². The van der Waals surface area contributed by atoms with Gasteiger partial charge in [-0.1, -0.05) is 66.4 Å². The molecule has 1 aromatic heterocycles. The molecule has 3 aromatic carbocycles. The second-order valence-electron chi connectivity index (χ2n) is 7.00. The summed E-state index contributed by atoms with van der Waals surface area (Å²) in [4.78, 5) is 26.2. The highest BCUT2D eigenvalue weighted by molar-refractivity contribution is 8.01. The minimum Gasteiger partial charge on any atom is -0.307 e. The van der Waals surface area contributed by atoms with Crippen molar-refractivity contribution >= 4 is 35.1 Å². The van der Waals surface area contributed by atoms with Gasteiger partial charge >= 0.3 is 0 Å². The molecule has 0 aliphatic carbocycles. The average molecular weight is 456 g/mol. The number of anilines is 1. The van der Waals surface area contributed by atoms with E-state index >= 15 is 0 Å². The van der Waals surface area contributed by atoms with Crippen molar-refractivity contribution in [3.8, 4) is 5.69 Å². The maximum absolute atomic E-state index is 13.4. The van der Waals surface area contributed by atoms with E-state index in [2.05, 4.69) is 25.9 Å². The summed E-state index contributed by atoms with van der Waals surface area (Å²) in [7, 11) is 0. The highest BCUT2D eigenvalue weighted by Crippen LogP contribution is 2.31. The van der Waals surface area contributed by atoms with Crippen molar-refractivity contribution < 1.29 is 9.59 Å². The van der Waals surface area contributed by atoms with Gasteiger partial charge in [0.25, 0.3) is 11.8 Å². The zero-order chi connectivity index (χ0) is 22.6. The Morgan fingerprint density at radius 1 is 0.848 bits per heavy atom. The minimum atomic E-state index is -0.841. The van der Waals surface area contributed by atoms with Crippen molar-refractivity contribution in [2.75, 3.05) is 5.01 Å². The molecule has 1 N–H and O–H groups in total. The summed E-state index contributed by atoms with van der Waals surface area (Å²) in [5.41, 5.74) is 1.81. The fourth-order valence-corrected chi connectivity index (χ4v) is 4.21. The number of aromatic nitrogens is 4. The molecule has 0 radical (unpaired) electrons. The molecule has 0 bridgehead atoms. The van der Waals surface area contributed by atoms with Crippen molar-refractivity contribution in [3.05, 3.63) is 96.6 Å². The van der Waals surface area contributed by atoms with E-state index in [0.29, 0.717) is 16.4 Å². The van der Waals surface area contributed by atoms with Crippen LogP contribution in [0.4, 0.5) is 5.69 Å². The number of amidine groups is 1. The lowest BCUT2D eigenvalue weighted by Gasteiger charge is -2.14. The second kappa shape index (κ2) is 9.05. The SMILES string of the molecule is O=C(NC1=NN(c2ccccc2)C(=O)[C@@H]1Sc1nnnn1-c1ccccc1)c1ccccc1.